The van der Waals surface area contributed by atoms with E-state index in [-0.39, 0.29) is 0 Å². The standard InChI is InChI=1S/C11H16BrNS/c12-9-7-11(14-8-9)3-1-2-6-13-10-4-5-10/h7-8,10,13H,1-6H2. The van der Waals surface area contributed by atoms with Crippen molar-refractivity contribution in [3.05, 3.63) is 20.8 Å². The van der Waals surface area contributed by atoms with Gasteiger partial charge >= 0.3 is 0 Å². The molecule has 0 saturated heterocycles. The molecule has 0 bridgehead atoms. The number of hydrogen-bond donors (Lipinski definition) is 1. The lowest BCUT2D eigenvalue weighted by molar-refractivity contribution is 0.621. The minimum Gasteiger partial charge on any atom is -0.314 e. The van der Waals surface area contributed by atoms with Crippen molar-refractivity contribution in [1.82, 2.24) is 5.32 Å². The summed E-state index contributed by atoms with van der Waals surface area (Å²) >= 11 is 5.34. The highest BCUT2D eigenvalue weighted by Gasteiger charge is 2.19. The van der Waals surface area contributed by atoms with E-state index in [0.29, 0.717) is 0 Å². The largest absolute Gasteiger partial charge is 0.314 e. The molecule has 0 spiro atoms. The number of rotatable bonds is 6. The van der Waals surface area contributed by atoms with Gasteiger partial charge in [0.15, 0.2) is 0 Å². The molecule has 0 unspecified atom stereocenters. The Morgan fingerprint density at radius 1 is 1.43 bits per heavy atom. The molecule has 1 N–H and O–H groups in total. The lowest BCUT2D eigenvalue weighted by Gasteiger charge is -2.01. The summed E-state index contributed by atoms with van der Waals surface area (Å²) in [5, 5.41) is 5.71. The molecule has 1 aromatic rings. The van der Waals surface area contributed by atoms with Crippen LogP contribution in [0.3, 0.4) is 0 Å². The van der Waals surface area contributed by atoms with E-state index < -0.39 is 0 Å². The average molecular weight is 274 g/mol. The molecule has 78 valence electrons. The molecule has 3 heteroatoms. The zero-order valence-corrected chi connectivity index (χ0v) is 10.7. The van der Waals surface area contributed by atoms with Crippen molar-refractivity contribution in [3.63, 3.8) is 0 Å². The minimum atomic E-state index is 0.867. The van der Waals surface area contributed by atoms with Gasteiger partial charge in [-0.05, 0) is 60.6 Å². The Balaban J connectivity index is 1.53. The molecule has 2 rings (SSSR count). The molecule has 1 saturated carbocycles. The highest BCUT2D eigenvalue weighted by Crippen LogP contribution is 2.21. The van der Waals surface area contributed by atoms with Crippen molar-refractivity contribution < 1.29 is 0 Å². The molecule has 0 radical (unpaired) electrons. The number of unbranched alkanes of at least 4 members (excludes halogenated alkanes) is 1. The summed E-state index contributed by atoms with van der Waals surface area (Å²) in [5.41, 5.74) is 0. The molecule has 1 aliphatic rings. The quantitative estimate of drug-likeness (QED) is 0.782. The van der Waals surface area contributed by atoms with Crippen molar-refractivity contribution in [2.45, 2.75) is 38.1 Å². The molecule has 1 aliphatic carbocycles. The molecule has 1 fully saturated rings. The summed E-state index contributed by atoms with van der Waals surface area (Å²) in [7, 11) is 0. The number of halogens is 1. The van der Waals surface area contributed by atoms with E-state index in [4.69, 9.17) is 0 Å². The van der Waals surface area contributed by atoms with Crippen molar-refractivity contribution in [2.24, 2.45) is 0 Å². The van der Waals surface area contributed by atoms with E-state index in [1.54, 1.807) is 0 Å². The van der Waals surface area contributed by atoms with Crippen LogP contribution in [0.4, 0.5) is 0 Å². The van der Waals surface area contributed by atoms with Gasteiger partial charge in [0, 0.05) is 20.8 Å². The number of aryl methyl sites for hydroxylation is 1. The number of hydrogen-bond acceptors (Lipinski definition) is 2. The summed E-state index contributed by atoms with van der Waals surface area (Å²) in [6, 6.07) is 3.10. The fraction of sp³-hybridized carbons (Fsp3) is 0.636. The van der Waals surface area contributed by atoms with Gasteiger partial charge in [-0.1, -0.05) is 0 Å². The molecule has 0 amide bonds. The molecular formula is C11H16BrNS. The van der Waals surface area contributed by atoms with Gasteiger partial charge in [0.2, 0.25) is 0 Å². The smallest absolute Gasteiger partial charge is 0.0285 e. The SMILES string of the molecule is Brc1csc(CCCCNC2CC2)c1. The van der Waals surface area contributed by atoms with Gasteiger partial charge in [-0.3, -0.25) is 0 Å². The monoisotopic (exact) mass is 273 g/mol. The maximum absolute atomic E-state index is 3.54. The van der Waals surface area contributed by atoms with Crippen LogP contribution in [0.5, 0.6) is 0 Å². The Hall–Kier alpha value is 0.140. The van der Waals surface area contributed by atoms with Crippen molar-refractivity contribution in [2.75, 3.05) is 6.54 Å². The zero-order valence-electron chi connectivity index (χ0n) is 8.26. The Morgan fingerprint density at radius 2 is 2.29 bits per heavy atom. The van der Waals surface area contributed by atoms with Gasteiger partial charge in [-0.15, -0.1) is 11.3 Å². The van der Waals surface area contributed by atoms with Gasteiger partial charge in [0.25, 0.3) is 0 Å². The maximum Gasteiger partial charge on any atom is 0.0285 e. The normalized spacial score (nSPS) is 16.1. The van der Waals surface area contributed by atoms with Crippen LogP contribution in [0.1, 0.15) is 30.6 Å². The molecule has 0 atom stereocenters. The molecule has 0 aromatic carbocycles. The van der Waals surface area contributed by atoms with Crippen LogP contribution in [-0.2, 0) is 6.42 Å². The Morgan fingerprint density at radius 3 is 2.93 bits per heavy atom. The van der Waals surface area contributed by atoms with Gasteiger partial charge in [0.05, 0.1) is 0 Å². The average Bonchev–Trinajstić information content (AvgIpc) is 2.89. The first kappa shape index (κ1) is 10.7. The second-order valence-electron chi connectivity index (χ2n) is 3.92. The van der Waals surface area contributed by atoms with E-state index >= 15 is 0 Å². The van der Waals surface area contributed by atoms with E-state index in [9.17, 15) is 0 Å². The van der Waals surface area contributed by atoms with Gasteiger partial charge in [-0.25, -0.2) is 0 Å². The maximum atomic E-state index is 3.54. The van der Waals surface area contributed by atoms with Crippen LogP contribution in [0, 0.1) is 0 Å². The lowest BCUT2D eigenvalue weighted by Crippen LogP contribution is -2.17. The molecule has 14 heavy (non-hydrogen) atoms. The molecular weight excluding hydrogens is 258 g/mol. The topological polar surface area (TPSA) is 12.0 Å². The van der Waals surface area contributed by atoms with Crippen LogP contribution in [-0.4, -0.2) is 12.6 Å². The summed E-state index contributed by atoms with van der Waals surface area (Å²) in [6.45, 7) is 1.21. The molecule has 0 aliphatic heterocycles. The summed E-state index contributed by atoms with van der Waals surface area (Å²) < 4.78 is 1.23. The Bertz CT molecular complexity index is 281. The predicted molar refractivity (Wildman–Crippen MR) is 66.0 cm³/mol. The molecule has 1 heterocycles. The van der Waals surface area contributed by atoms with Crippen molar-refractivity contribution in [3.8, 4) is 0 Å². The van der Waals surface area contributed by atoms with Crippen LogP contribution in [0.15, 0.2) is 15.9 Å². The number of nitrogens with one attached hydrogen (secondary N) is 1. The van der Waals surface area contributed by atoms with Gasteiger partial charge < -0.3 is 5.32 Å². The fourth-order valence-electron chi connectivity index (χ4n) is 1.50. The lowest BCUT2D eigenvalue weighted by atomic mass is 10.2. The third-order valence-corrected chi connectivity index (χ3v) is 4.24. The summed E-state index contributed by atoms with van der Waals surface area (Å²) in [6.07, 6.45) is 6.66. The first-order valence-corrected chi connectivity index (χ1v) is 6.98. The van der Waals surface area contributed by atoms with Crippen LogP contribution in [0.2, 0.25) is 0 Å². The van der Waals surface area contributed by atoms with Crippen LogP contribution < -0.4 is 5.32 Å². The third-order valence-electron chi connectivity index (χ3n) is 2.48. The second-order valence-corrected chi connectivity index (χ2v) is 5.83. The Labute approximate surface area is 98.0 Å². The van der Waals surface area contributed by atoms with Crippen molar-refractivity contribution >= 4 is 27.3 Å². The summed E-state index contributed by atoms with van der Waals surface area (Å²) in [4.78, 5) is 1.50. The highest BCUT2D eigenvalue weighted by atomic mass is 79.9. The van der Waals surface area contributed by atoms with Gasteiger partial charge in [-0.2, -0.15) is 0 Å². The summed E-state index contributed by atoms with van der Waals surface area (Å²) in [5.74, 6) is 0. The van der Waals surface area contributed by atoms with Gasteiger partial charge in [0.1, 0.15) is 0 Å². The van der Waals surface area contributed by atoms with E-state index in [1.165, 1.54) is 48.0 Å². The fourth-order valence-corrected chi connectivity index (χ4v) is 3.00. The van der Waals surface area contributed by atoms with Crippen LogP contribution >= 0.6 is 27.3 Å². The van der Waals surface area contributed by atoms with E-state index in [2.05, 4.69) is 32.7 Å². The number of thiophene rings is 1. The third kappa shape index (κ3) is 3.71. The molecule has 1 nitrogen and oxygen atoms in total. The second kappa shape index (κ2) is 5.29. The predicted octanol–water partition coefficient (Wildman–Crippen LogP) is 3.59. The first-order valence-electron chi connectivity index (χ1n) is 5.31. The van der Waals surface area contributed by atoms with Crippen molar-refractivity contribution in [1.29, 1.82) is 0 Å². The molecule has 1 aromatic heterocycles. The van der Waals surface area contributed by atoms with Crippen LogP contribution in [0.25, 0.3) is 0 Å². The van der Waals surface area contributed by atoms with E-state index in [0.717, 1.165) is 6.04 Å². The highest BCUT2D eigenvalue weighted by molar-refractivity contribution is 9.10. The minimum absolute atomic E-state index is 0.867. The Kier molecular flexibility index (Phi) is 4.02. The zero-order chi connectivity index (χ0) is 9.80. The first-order chi connectivity index (χ1) is 6.84. The van der Waals surface area contributed by atoms with E-state index in [1.807, 2.05) is 11.3 Å².